The summed E-state index contributed by atoms with van der Waals surface area (Å²) in [6.07, 6.45) is -2.18. The molecule has 5 amide bonds. The van der Waals surface area contributed by atoms with Gasteiger partial charge in [-0.3, -0.25) is 29.5 Å². The minimum absolute atomic E-state index is 0.0576. The number of carboxylic acid groups (broad SMARTS) is 1. The Bertz CT molecular complexity index is 2610. The Morgan fingerprint density at radius 2 is 1.56 bits per heavy atom. The van der Waals surface area contributed by atoms with Crippen LogP contribution in [0.4, 0.5) is 16.2 Å². The predicted octanol–water partition coefficient (Wildman–Crippen LogP) is 2.03. The van der Waals surface area contributed by atoms with E-state index in [4.69, 9.17) is 33.6 Å². The summed E-state index contributed by atoms with van der Waals surface area (Å²) in [5, 5.41) is 71.8. The fourth-order valence-electron chi connectivity index (χ4n) is 8.64. The van der Waals surface area contributed by atoms with Crippen molar-refractivity contribution in [2.75, 3.05) is 85.5 Å². The summed E-state index contributed by atoms with van der Waals surface area (Å²) in [6.45, 7) is 9.51. The second-order valence-corrected chi connectivity index (χ2v) is 22.1. The summed E-state index contributed by atoms with van der Waals surface area (Å²) >= 11 is 0. The molecule has 0 spiro atoms. The van der Waals surface area contributed by atoms with Crippen LogP contribution in [0.25, 0.3) is 0 Å². The van der Waals surface area contributed by atoms with E-state index in [2.05, 4.69) is 44.6 Å². The van der Waals surface area contributed by atoms with Crippen molar-refractivity contribution in [1.82, 2.24) is 25.8 Å². The molecule has 2 saturated heterocycles. The van der Waals surface area contributed by atoms with Gasteiger partial charge in [0.15, 0.2) is 23.0 Å². The first-order valence-electron chi connectivity index (χ1n) is 26.0. The summed E-state index contributed by atoms with van der Waals surface area (Å²) in [5.41, 5.74) is 2.78. The van der Waals surface area contributed by atoms with Crippen molar-refractivity contribution < 1.29 is 87.9 Å². The number of unbranched alkanes of at least 4 members (excludes halogenated alkanes) is 2. The number of fused-ring (bicyclic) bond motifs is 2. The summed E-state index contributed by atoms with van der Waals surface area (Å²) in [4.78, 5) is 91.6. The number of likely N-dealkylation sites (tertiary alicyclic amines) is 1. The molecule has 3 heterocycles. The van der Waals surface area contributed by atoms with Gasteiger partial charge in [0.2, 0.25) is 11.8 Å². The number of carboxylic acids is 1. The number of amides is 5. The number of nitrogens with zero attached hydrogens (tertiary/aromatic N) is 4. The maximum Gasteiger partial charge on any atom is 0.411 e. The average Bonchev–Trinajstić information content (AvgIpc) is 4.02. The Morgan fingerprint density at radius 1 is 0.889 bits per heavy atom. The van der Waals surface area contributed by atoms with Crippen LogP contribution in [0.1, 0.15) is 72.6 Å². The Kier molecular flexibility index (Phi) is 25.8. The number of benzene rings is 2. The van der Waals surface area contributed by atoms with Crippen LogP contribution in [0, 0.1) is 0 Å². The lowest BCUT2D eigenvalue weighted by atomic mass is 10.0. The Labute approximate surface area is 477 Å². The smallest absolute Gasteiger partial charge is 0.411 e. The second-order valence-electron chi connectivity index (χ2n) is 19.2. The molecule has 3 aliphatic heterocycles. The van der Waals surface area contributed by atoms with Crippen molar-refractivity contribution in [3.63, 3.8) is 0 Å². The van der Waals surface area contributed by atoms with Crippen LogP contribution in [-0.4, -0.2) is 223 Å². The molecule has 0 aliphatic carbocycles. The lowest BCUT2D eigenvalue weighted by molar-refractivity contribution is -0.141. The number of nitrogens with one attached hydrogen (secondary N) is 4. The van der Waals surface area contributed by atoms with Crippen LogP contribution < -0.4 is 40.2 Å². The van der Waals surface area contributed by atoms with E-state index in [0.717, 1.165) is 21.9 Å². The van der Waals surface area contributed by atoms with Gasteiger partial charge >= 0.3 is 12.1 Å². The minimum atomic E-state index is -1.88. The quantitative estimate of drug-likeness (QED) is 0.0161. The van der Waals surface area contributed by atoms with Gasteiger partial charge in [-0.25, -0.2) is 9.59 Å². The number of aliphatic carboxylic acids is 1. The summed E-state index contributed by atoms with van der Waals surface area (Å²) < 4.78 is 29.1. The number of hydrogen-bond donors (Lipinski definition) is 10. The molecule has 0 radical (unpaired) electrons. The summed E-state index contributed by atoms with van der Waals surface area (Å²) in [6, 6.07) is 3.30. The largest absolute Gasteiger partial charge is 0.493 e. The number of anilines is 1. The fourth-order valence-corrected chi connectivity index (χ4v) is 10.9. The van der Waals surface area contributed by atoms with Gasteiger partial charge in [0.1, 0.15) is 38.1 Å². The third-order valence-corrected chi connectivity index (χ3v) is 16.0. The molecule has 0 bridgehead atoms. The van der Waals surface area contributed by atoms with E-state index in [0.29, 0.717) is 68.0 Å². The average molecular weight is 1180 g/mol. The Hall–Kier alpha value is -6.66. The van der Waals surface area contributed by atoms with Crippen molar-refractivity contribution in [2.45, 2.75) is 106 Å². The number of aliphatic hydroxyl groups is 5. The SMILES string of the molecule is C=C1CC(/C=N\OC)N(C(=O)c2cc(OC)c(OCCCCCOc3cc4c(cc3OC)C(=O)N3CC(=C)C[C@H]3C=N4)cc2NC(=O)OCC(C)SSC[C@@H](NC(=O)[C@H](CCC(=O)NC[C@H](O)[C@@H](O)[C@H](O)[C@H](O)CO)NC)C(=O)O)C1. The number of methoxy groups -OCH3 is 2. The molecule has 9 atom stereocenters. The lowest BCUT2D eigenvalue weighted by Gasteiger charge is -2.25. The van der Waals surface area contributed by atoms with Gasteiger partial charge in [0.05, 0.1) is 87.0 Å². The molecule has 0 saturated carbocycles. The number of aliphatic imine (C=N–C) groups is 1. The van der Waals surface area contributed by atoms with E-state index in [-0.39, 0.29) is 73.1 Å². The second kappa shape index (κ2) is 32.1. The highest BCUT2D eigenvalue weighted by atomic mass is 33.1. The predicted molar refractivity (Wildman–Crippen MR) is 302 cm³/mol. The fraction of sp³-hybridized carbons (Fsp3) is 0.547. The van der Waals surface area contributed by atoms with E-state index in [1.54, 1.807) is 30.2 Å². The number of oxime groups is 1. The zero-order valence-corrected chi connectivity index (χ0v) is 47.5. The standard InChI is InChI=1S/C53H74N8O18S2/c1-29-15-32-21-55-37-19-44(42(74-5)17-34(37)50(69)60(32)24-29)77-13-9-8-10-14-78-45-20-38(35(18-43(45)75-6)51(70)61-25-30(2)16-33(61)22-57-76-7)59-53(73)79-27-31(3)81-80-28-39(52(71)72)58-49(68)36(54-4)11-12-46(65)56-23-40(63)47(66)48(67)41(64)26-62/h17-22,31-33,36,39-41,47-48,54,62-64,66-67H,1-2,8-16,23-28H2,3-7H3,(H,56,65)(H,58,68)(H,59,73)(H,71,72)/b57-22-/t31?,32-,33?,36-,39+,40-,41+,47+,48+/m0/s1. The third kappa shape index (κ3) is 18.7. The third-order valence-electron chi connectivity index (χ3n) is 13.1. The zero-order chi connectivity index (χ0) is 59.3. The number of carbonyl (C=O) groups excluding carboxylic acids is 5. The van der Waals surface area contributed by atoms with Gasteiger partial charge in [0.25, 0.3) is 11.8 Å². The molecular weight excluding hydrogens is 1100 g/mol. The monoisotopic (exact) mass is 1170 g/mol. The maximum absolute atomic E-state index is 14.3. The molecule has 2 fully saturated rings. The molecule has 3 aliphatic rings. The summed E-state index contributed by atoms with van der Waals surface area (Å²) in [7, 11) is 8.04. The van der Waals surface area contributed by atoms with Gasteiger partial charge < -0.3 is 84.9 Å². The van der Waals surface area contributed by atoms with E-state index in [1.807, 2.05) is 0 Å². The molecule has 0 aromatic heterocycles. The highest BCUT2D eigenvalue weighted by Crippen LogP contribution is 2.40. The number of carbonyl (C=O) groups is 6. The molecule has 446 valence electrons. The first-order valence-corrected chi connectivity index (χ1v) is 28.4. The maximum atomic E-state index is 14.3. The number of rotatable bonds is 33. The first kappa shape index (κ1) is 65.2. The van der Waals surface area contributed by atoms with E-state index < -0.39 is 90.7 Å². The van der Waals surface area contributed by atoms with Crippen molar-refractivity contribution in [3.8, 4) is 23.0 Å². The van der Waals surface area contributed by atoms with Crippen molar-refractivity contribution in [3.05, 3.63) is 59.7 Å². The topological polar surface area (TPSA) is 358 Å². The lowest BCUT2D eigenvalue weighted by Crippen LogP contribution is -2.51. The van der Waals surface area contributed by atoms with Crippen LogP contribution in [-0.2, 0) is 24.0 Å². The van der Waals surface area contributed by atoms with Crippen molar-refractivity contribution in [1.29, 1.82) is 0 Å². The van der Waals surface area contributed by atoms with Gasteiger partial charge in [0, 0.05) is 55.4 Å². The first-order chi connectivity index (χ1) is 38.7. The number of aliphatic hydroxyl groups excluding tert-OH is 5. The molecule has 2 unspecified atom stereocenters. The van der Waals surface area contributed by atoms with Crippen molar-refractivity contribution in [2.24, 2.45) is 10.1 Å². The van der Waals surface area contributed by atoms with Crippen LogP contribution in [0.3, 0.4) is 0 Å². The van der Waals surface area contributed by atoms with Gasteiger partial charge in [-0.15, -0.1) is 0 Å². The van der Waals surface area contributed by atoms with E-state index in [1.165, 1.54) is 62.4 Å². The molecule has 26 nitrogen and oxygen atoms in total. The molecule has 2 aromatic rings. The number of likely N-dealkylation sites (N-methyl/N-ethyl adjacent to an activating group) is 1. The molecule has 10 N–H and O–H groups in total. The highest BCUT2D eigenvalue weighted by Gasteiger charge is 2.36. The Balaban J connectivity index is 1.14. The highest BCUT2D eigenvalue weighted by molar-refractivity contribution is 8.77. The van der Waals surface area contributed by atoms with Gasteiger partial charge in [-0.1, -0.05) is 51.0 Å². The van der Waals surface area contributed by atoms with Crippen LogP contribution >= 0.6 is 21.6 Å². The molecular formula is C53H74N8O18S2. The molecule has 5 rings (SSSR count). The van der Waals surface area contributed by atoms with Gasteiger partial charge in [-0.05, 0) is 64.6 Å². The molecule has 28 heteroatoms. The van der Waals surface area contributed by atoms with E-state index >= 15 is 0 Å². The molecule has 81 heavy (non-hydrogen) atoms. The minimum Gasteiger partial charge on any atom is -0.493 e. The van der Waals surface area contributed by atoms with Gasteiger partial charge in [-0.2, -0.15) is 0 Å². The van der Waals surface area contributed by atoms with Crippen LogP contribution in [0.5, 0.6) is 23.0 Å². The zero-order valence-electron chi connectivity index (χ0n) is 45.9. The van der Waals surface area contributed by atoms with E-state index in [9.17, 15) is 54.3 Å². The van der Waals surface area contributed by atoms with Crippen LogP contribution in [0.2, 0.25) is 0 Å². The summed E-state index contributed by atoms with van der Waals surface area (Å²) in [5.74, 6) is -2.09. The number of hydrogen-bond acceptors (Lipinski definition) is 22. The van der Waals surface area contributed by atoms with Crippen LogP contribution in [0.15, 0.2) is 58.7 Å². The Morgan fingerprint density at radius 3 is 2.21 bits per heavy atom. The molecule has 2 aromatic carbocycles. The normalized spacial score (nSPS) is 18.4. The number of ether oxygens (including phenoxy) is 5. The van der Waals surface area contributed by atoms with Crippen molar-refractivity contribution >= 4 is 81.1 Å².